The number of nitrogens with zero attached hydrogens (tertiary/aromatic N) is 4. The highest BCUT2D eigenvalue weighted by Gasteiger charge is 2.37. The molecule has 3 heterocycles. The molecule has 0 bridgehead atoms. The van der Waals surface area contributed by atoms with Gasteiger partial charge in [0, 0.05) is 13.1 Å². The fourth-order valence-corrected chi connectivity index (χ4v) is 3.34. The molecule has 2 aliphatic rings. The molecule has 0 saturated carbocycles. The number of rotatable bonds is 2. The number of aromatic nitrogens is 3. The SMILES string of the molecule is O=C(Cc1ccc(F)c(F)c1)N1CC[C@@H]2OCc3cnnn3[C@H]2C1. The molecule has 8 heteroatoms. The number of carbonyl (C=O) groups is 1. The van der Waals surface area contributed by atoms with E-state index in [1.165, 1.54) is 6.07 Å². The van der Waals surface area contributed by atoms with Crippen molar-refractivity contribution in [3.8, 4) is 0 Å². The average molecular weight is 334 g/mol. The van der Waals surface area contributed by atoms with Gasteiger partial charge in [0.05, 0.1) is 37.1 Å². The molecule has 126 valence electrons. The third-order valence-corrected chi connectivity index (χ3v) is 4.62. The minimum Gasteiger partial charge on any atom is -0.370 e. The minimum absolute atomic E-state index is 0.0199. The highest BCUT2D eigenvalue weighted by Crippen LogP contribution is 2.30. The zero-order valence-electron chi connectivity index (χ0n) is 12.9. The normalized spacial score (nSPS) is 22.8. The van der Waals surface area contributed by atoms with Gasteiger partial charge >= 0.3 is 0 Å². The van der Waals surface area contributed by atoms with E-state index in [0.717, 1.165) is 17.8 Å². The van der Waals surface area contributed by atoms with Crippen LogP contribution in [0.2, 0.25) is 0 Å². The van der Waals surface area contributed by atoms with Crippen molar-refractivity contribution >= 4 is 5.91 Å². The van der Waals surface area contributed by atoms with Gasteiger partial charge < -0.3 is 9.64 Å². The van der Waals surface area contributed by atoms with Gasteiger partial charge in [-0.25, -0.2) is 13.5 Å². The van der Waals surface area contributed by atoms with Crippen molar-refractivity contribution < 1.29 is 18.3 Å². The summed E-state index contributed by atoms with van der Waals surface area (Å²) in [7, 11) is 0. The number of ether oxygens (including phenoxy) is 1. The predicted octanol–water partition coefficient (Wildman–Crippen LogP) is 1.47. The van der Waals surface area contributed by atoms with Crippen molar-refractivity contribution in [2.24, 2.45) is 0 Å². The van der Waals surface area contributed by atoms with Crippen LogP contribution in [-0.4, -0.2) is 45.0 Å². The smallest absolute Gasteiger partial charge is 0.227 e. The Morgan fingerprint density at radius 1 is 1.33 bits per heavy atom. The lowest BCUT2D eigenvalue weighted by molar-refractivity contribution is -0.137. The van der Waals surface area contributed by atoms with E-state index in [0.29, 0.717) is 31.7 Å². The molecule has 2 aliphatic heterocycles. The maximum Gasteiger partial charge on any atom is 0.227 e. The van der Waals surface area contributed by atoms with Crippen LogP contribution in [-0.2, 0) is 22.6 Å². The summed E-state index contributed by atoms with van der Waals surface area (Å²) in [6.45, 7) is 1.54. The summed E-state index contributed by atoms with van der Waals surface area (Å²) in [4.78, 5) is 14.2. The quantitative estimate of drug-likeness (QED) is 0.834. The predicted molar refractivity (Wildman–Crippen MR) is 78.9 cm³/mol. The highest BCUT2D eigenvalue weighted by molar-refractivity contribution is 5.79. The zero-order chi connectivity index (χ0) is 16.7. The van der Waals surface area contributed by atoms with Crippen LogP contribution >= 0.6 is 0 Å². The number of benzene rings is 1. The fourth-order valence-electron chi connectivity index (χ4n) is 3.34. The molecule has 2 atom stereocenters. The standard InChI is InChI=1S/C16H16F2N4O2/c17-12-2-1-10(5-13(12)18)6-16(23)21-4-3-15-14(8-21)22-11(9-24-15)7-19-20-22/h1-2,5,7,14-15H,3-4,6,8-9H2/t14-,15-/m0/s1. The molecule has 1 aromatic heterocycles. The molecular formula is C16H16F2N4O2. The second kappa shape index (κ2) is 5.94. The van der Waals surface area contributed by atoms with Gasteiger partial charge in [0.1, 0.15) is 0 Å². The lowest BCUT2D eigenvalue weighted by atomic mass is 9.99. The van der Waals surface area contributed by atoms with E-state index in [1.807, 2.05) is 4.68 Å². The van der Waals surface area contributed by atoms with E-state index >= 15 is 0 Å². The van der Waals surface area contributed by atoms with Gasteiger partial charge in [-0.15, -0.1) is 5.10 Å². The largest absolute Gasteiger partial charge is 0.370 e. The monoisotopic (exact) mass is 334 g/mol. The molecule has 2 aromatic rings. The summed E-state index contributed by atoms with van der Waals surface area (Å²) < 4.78 is 33.9. The first kappa shape index (κ1) is 15.2. The average Bonchev–Trinajstić information content (AvgIpc) is 3.07. The summed E-state index contributed by atoms with van der Waals surface area (Å²) in [6, 6.07) is 3.49. The molecule has 24 heavy (non-hydrogen) atoms. The van der Waals surface area contributed by atoms with Crippen molar-refractivity contribution in [1.82, 2.24) is 19.9 Å². The van der Waals surface area contributed by atoms with Gasteiger partial charge in [-0.3, -0.25) is 4.79 Å². The molecule has 1 amide bonds. The number of halogens is 2. The first-order valence-electron chi connectivity index (χ1n) is 7.84. The van der Waals surface area contributed by atoms with Crippen molar-refractivity contribution in [2.75, 3.05) is 13.1 Å². The van der Waals surface area contributed by atoms with Crippen LogP contribution in [0.5, 0.6) is 0 Å². The molecule has 1 saturated heterocycles. The maximum absolute atomic E-state index is 13.3. The Hall–Kier alpha value is -2.35. The number of hydrogen-bond donors (Lipinski definition) is 0. The van der Waals surface area contributed by atoms with Gasteiger partial charge in [-0.2, -0.15) is 0 Å². The Morgan fingerprint density at radius 3 is 3.04 bits per heavy atom. The molecule has 0 spiro atoms. The zero-order valence-corrected chi connectivity index (χ0v) is 12.9. The van der Waals surface area contributed by atoms with Gasteiger partial charge in [-0.05, 0) is 24.1 Å². The highest BCUT2D eigenvalue weighted by atomic mass is 19.2. The topological polar surface area (TPSA) is 60.3 Å². The van der Waals surface area contributed by atoms with E-state index in [9.17, 15) is 13.6 Å². The van der Waals surface area contributed by atoms with Crippen molar-refractivity contribution in [1.29, 1.82) is 0 Å². The number of carbonyl (C=O) groups excluding carboxylic acids is 1. The number of hydrogen-bond acceptors (Lipinski definition) is 4. The van der Waals surface area contributed by atoms with E-state index in [2.05, 4.69) is 10.3 Å². The van der Waals surface area contributed by atoms with Crippen LogP contribution in [0.1, 0.15) is 23.7 Å². The summed E-state index contributed by atoms with van der Waals surface area (Å²) in [5.41, 5.74) is 1.36. The maximum atomic E-state index is 13.3. The van der Waals surface area contributed by atoms with Gasteiger partial charge in [0.15, 0.2) is 11.6 Å². The van der Waals surface area contributed by atoms with Crippen molar-refractivity contribution in [3.63, 3.8) is 0 Å². The van der Waals surface area contributed by atoms with Crippen LogP contribution in [0.4, 0.5) is 8.78 Å². The van der Waals surface area contributed by atoms with E-state index < -0.39 is 11.6 Å². The Labute approximate surface area is 137 Å². The molecule has 1 fully saturated rings. The van der Waals surface area contributed by atoms with Crippen molar-refractivity contribution in [2.45, 2.75) is 31.6 Å². The summed E-state index contributed by atoms with van der Waals surface area (Å²) in [5.74, 6) is -1.97. The van der Waals surface area contributed by atoms with Gasteiger partial charge in [0.2, 0.25) is 5.91 Å². The van der Waals surface area contributed by atoms with Crippen LogP contribution in [0.3, 0.4) is 0 Å². The number of piperidine rings is 1. The molecule has 0 radical (unpaired) electrons. The molecule has 4 rings (SSSR count). The molecule has 1 aromatic carbocycles. The minimum atomic E-state index is -0.938. The fraction of sp³-hybridized carbons (Fsp3) is 0.438. The Bertz CT molecular complexity index is 779. The Morgan fingerprint density at radius 2 is 2.21 bits per heavy atom. The van der Waals surface area contributed by atoms with Gasteiger partial charge in [0.25, 0.3) is 0 Å². The van der Waals surface area contributed by atoms with Crippen LogP contribution in [0, 0.1) is 11.6 Å². The number of amides is 1. The van der Waals surface area contributed by atoms with Crippen LogP contribution < -0.4 is 0 Å². The lowest BCUT2D eigenvalue weighted by Gasteiger charge is -2.41. The van der Waals surface area contributed by atoms with Crippen LogP contribution in [0.15, 0.2) is 24.4 Å². The molecule has 0 N–H and O–H groups in total. The molecule has 6 nitrogen and oxygen atoms in total. The molecule has 0 aliphatic carbocycles. The van der Waals surface area contributed by atoms with Gasteiger partial charge in [-0.1, -0.05) is 11.3 Å². The summed E-state index contributed by atoms with van der Waals surface area (Å²) >= 11 is 0. The van der Waals surface area contributed by atoms with E-state index in [4.69, 9.17) is 4.74 Å². The third kappa shape index (κ3) is 2.66. The first-order chi connectivity index (χ1) is 11.6. The number of likely N-dealkylation sites (tertiary alicyclic amines) is 1. The van der Waals surface area contributed by atoms with Crippen LogP contribution in [0.25, 0.3) is 0 Å². The lowest BCUT2D eigenvalue weighted by Crippen LogP contribution is -2.50. The van der Waals surface area contributed by atoms with Crippen molar-refractivity contribution in [3.05, 3.63) is 47.3 Å². The Balaban J connectivity index is 1.47. The second-order valence-electron chi connectivity index (χ2n) is 6.14. The summed E-state index contributed by atoms with van der Waals surface area (Å²) in [6.07, 6.45) is 2.44. The summed E-state index contributed by atoms with van der Waals surface area (Å²) in [5, 5.41) is 8.00. The molecular weight excluding hydrogens is 318 g/mol. The molecule has 0 unspecified atom stereocenters. The van der Waals surface area contributed by atoms with E-state index in [-0.39, 0.29) is 24.5 Å². The third-order valence-electron chi connectivity index (χ3n) is 4.62. The Kier molecular flexibility index (Phi) is 3.76. The first-order valence-corrected chi connectivity index (χ1v) is 7.84. The van der Waals surface area contributed by atoms with E-state index in [1.54, 1.807) is 11.1 Å². The number of fused-ring (bicyclic) bond motifs is 3. The second-order valence-corrected chi connectivity index (χ2v) is 6.14.